The van der Waals surface area contributed by atoms with Crippen molar-refractivity contribution in [2.45, 2.75) is 26.2 Å². The predicted octanol–water partition coefficient (Wildman–Crippen LogP) is 0.797. The molecule has 0 bridgehead atoms. The van der Waals surface area contributed by atoms with Crippen LogP contribution in [0.2, 0.25) is 0 Å². The molecule has 1 fully saturated rings. The molecule has 1 aromatic heterocycles. The maximum absolute atomic E-state index is 11.4. The first-order valence-corrected chi connectivity index (χ1v) is 6.80. The highest BCUT2D eigenvalue weighted by atomic mass is 16.1. The fraction of sp³-hybridized carbons (Fsp3) is 0.615. The van der Waals surface area contributed by atoms with Crippen LogP contribution in [-0.4, -0.2) is 42.6 Å². The Labute approximate surface area is 113 Å². The zero-order valence-electron chi connectivity index (χ0n) is 11.6. The van der Waals surface area contributed by atoms with Crippen LogP contribution >= 0.6 is 0 Å². The molecule has 0 aliphatic carbocycles. The standard InChI is InChI=1S/C13H21N5O/c1-3-4-10-16-11(14-2)9-12(17-10)18-7-5-13(19)15-6-8-18/h9H,3-8H2,1-2H3,(H,15,19)(H,14,16,17). The van der Waals surface area contributed by atoms with Gasteiger partial charge in [-0.05, 0) is 6.42 Å². The molecular weight excluding hydrogens is 242 g/mol. The first kappa shape index (κ1) is 13.6. The Balaban J connectivity index is 2.21. The number of hydrogen-bond acceptors (Lipinski definition) is 5. The van der Waals surface area contributed by atoms with Crippen molar-refractivity contribution in [1.82, 2.24) is 15.3 Å². The number of aryl methyl sites for hydroxylation is 1. The largest absolute Gasteiger partial charge is 0.373 e. The Bertz CT molecular complexity index is 449. The van der Waals surface area contributed by atoms with Gasteiger partial charge in [0.05, 0.1) is 0 Å². The van der Waals surface area contributed by atoms with E-state index in [-0.39, 0.29) is 5.91 Å². The SMILES string of the molecule is CCCc1nc(NC)cc(N2CCNC(=O)CC2)n1. The second kappa shape index (κ2) is 6.36. The molecule has 1 aliphatic heterocycles. The van der Waals surface area contributed by atoms with Crippen molar-refractivity contribution in [3.05, 3.63) is 11.9 Å². The van der Waals surface area contributed by atoms with Gasteiger partial charge in [-0.25, -0.2) is 9.97 Å². The van der Waals surface area contributed by atoms with E-state index in [0.29, 0.717) is 19.5 Å². The molecule has 1 amide bonds. The maximum atomic E-state index is 11.4. The summed E-state index contributed by atoms with van der Waals surface area (Å²) in [7, 11) is 1.86. The number of rotatable bonds is 4. The highest BCUT2D eigenvalue weighted by molar-refractivity contribution is 5.77. The average molecular weight is 263 g/mol. The van der Waals surface area contributed by atoms with Crippen molar-refractivity contribution < 1.29 is 4.79 Å². The van der Waals surface area contributed by atoms with Gasteiger partial charge in [0.2, 0.25) is 5.91 Å². The van der Waals surface area contributed by atoms with Crippen LogP contribution in [0.1, 0.15) is 25.6 Å². The smallest absolute Gasteiger partial charge is 0.221 e. The molecule has 19 heavy (non-hydrogen) atoms. The summed E-state index contributed by atoms with van der Waals surface area (Å²) in [5.41, 5.74) is 0. The van der Waals surface area contributed by atoms with Crippen molar-refractivity contribution in [1.29, 1.82) is 0 Å². The quantitative estimate of drug-likeness (QED) is 0.840. The molecule has 0 atom stereocenters. The van der Waals surface area contributed by atoms with E-state index in [2.05, 4.69) is 32.4 Å². The highest BCUT2D eigenvalue weighted by Gasteiger charge is 2.16. The lowest BCUT2D eigenvalue weighted by Crippen LogP contribution is -2.29. The monoisotopic (exact) mass is 263 g/mol. The number of carbonyl (C=O) groups is 1. The van der Waals surface area contributed by atoms with E-state index in [4.69, 9.17) is 0 Å². The molecule has 0 radical (unpaired) electrons. The molecule has 0 aromatic carbocycles. The van der Waals surface area contributed by atoms with Crippen LogP contribution in [0.15, 0.2) is 6.07 Å². The zero-order valence-corrected chi connectivity index (χ0v) is 11.6. The Kier molecular flexibility index (Phi) is 4.54. The van der Waals surface area contributed by atoms with Crippen LogP contribution < -0.4 is 15.5 Å². The van der Waals surface area contributed by atoms with E-state index in [1.165, 1.54) is 0 Å². The van der Waals surface area contributed by atoms with Crippen LogP contribution in [0.4, 0.5) is 11.6 Å². The van der Waals surface area contributed by atoms with E-state index in [9.17, 15) is 4.79 Å². The predicted molar refractivity (Wildman–Crippen MR) is 75.4 cm³/mol. The van der Waals surface area contributed by atoms with Gasteiger partial charge >= 0.3 is 0 Å². The third-order valence-electron chi connectivity index (χ3n) is 3.13. The molecule has 1 aliphatic rings. The summed E-state index contributed by atoms with van der Waals surface area (Å²) < 4.78 is 0. The van der Waals surface area contributed by atoms with Gasteiger partial charge in [-0.1, -0.05) is 6.92 Å². The highest BCUT2D eigenvalue weighted by Crippen LogP contribution is 2.17. The number of nitrogens with one attached hydrogen (secondary N) is 2. The second-order valence-corrected chi connectivity index (χ2v) is 4.61. The van der Waals surface area contributed by atoms with Crippen LogP contribution in [-0.2, 0) is 11.2 Å². The van der Waals surface area contributed by atoms with Crippen LogP contribution in [0, 0.1) is 0 Å². The summed E-state index contributed by atoms with van der Waals surface area (Å²) >= 11 is 0. The summed E-state index contributed by atoms with van der Waals surface area (Å²) in [6.45, 7) is 4.28. The third-order valence-corrected chi connectivity index (χ3v) is 3.13. The lowest BCUT2D eigenvalue weighted by atomic mass is 10.3. The molecule has 104 valence electrons. The topological polar surface area (TPSA) is 70.2 Å². The van der Waals surface area contributed by atoms with Gasteiger partial charge in [0.15, 0.2) is 0 Å². The second-order valence-electron chi connectivity index (χ2n) is 4.61. The number of amides is 1. The third kappa shape index (κ3) is 3.56. The van der Waals surface area contributed by atoms with Gasteiger partial charge in [0.25, 0.3) is 0 Å². The van der Waals surface area contributed by atoms with Gasteiger partial charge < -0.3 is 15.5 Å². The molecule has 6 heteroatoms. The summed E-state index contributed by atoms with van der Waals surface area (Å²) in [4.78, 5) is 22.5. The molecule has 2 rings (SSSR count). The Hall–Kier alpha value is -1.85. The van der Waals surface area contributed by atoms with E-state index in [1.807, 2.05) is 13.1 Å². The minimum atomic E-state index is 0.110. The normalized spacial score (nSPS) is 15.9. The number of anilines is 2. The summed E-state index contributed by atoms with van der Waals surface area (Å²) in [6.07, 6.45) is 2.40. The number of aromatic nitrogens is 2. The van der Waals surface area contributed by atoms with Crippen molar-refractivity contribution in [3.8, 4) is 0 Å². The van der Waals surface area contributed by atoms with Gasteiger partial charge in [-0.2, -0.15) is 0 Å². The molecule has 0 saturated carbocycles. The molecule has 1 aromatic rings. The van der Waals surface area contributed by atoms with Gasteiger partial charge in [0, 0.05) is 45.6 Å². The molecule has 0 spiro atoms. The van der Waals surface area contributed by atoms with Gasteiger partial charge in [-0.3, -0.25) is 4.79 Å². The van der Waals surface area contributed by atoms with Crippen molar-refractivity contribution >= 4 is 17.5 Å². The Morgan fingerprint density at radius 2 is 2.26 bits per heavy atom. The van der Waals surface area contributed by atoms with Crippen LogP contribution in [0.3, 0.4) is 0 Å². The fourth-order valence-electron chi connectivity index (χ4n) is 2.10. The van der Waals surface area contributed by atoms with E-state index >= 15 is 0 Å². The summed E-state index contributed by atoms with van der Waals surface area (Å²) in [5.74, 6) is 2.70. The van der Waals surface area contributed by atoms with Gasteiger partial charge in [-0.15, -0.1) is 0 Å². The summed E-state index contributed by atoms with van der Waals surface area (Å²) in [6, 6.07) is 1.94. The first-order chi connectivity index (χ1) is 9.22. The van der Waals surface area contributed by atoms with Crippen molar-refractivity contribution in [2.75, 3.05) is 36.9 Å². The Morgan fingerprint density at radius 3 is 3.00 bits per heavy atom. The van der Waals surface area contributed by atoms with Crippen molar-refractivity contribution in [2.24, 2.45) is 0 Å². The van der Waals surface area contributed by atoms with Crippen LogP contribution in [0.25, 0.3) is 0 Å². The van der Waals surface area contributed by atoms with Gasteiger partial charge in [0.1, 0.15) is 17.5 Å². The average Bonchev–Trinajstić information content (AvgIpc) is 2.63. The first-order valence-electron chi connectivity index (χ1n) is 6.80. The molecule has 2 N–H and O–H groups in total. The molecule has 1 saturated heterocycles. The molecule has 2 heterocycles. The van der Waals surface area contributed by atoms with E-state index < -0.39 is 0 Å². The minimum Gasteiger partial charge on any atom is -0.373 e. The number of hydrogen-bond donors (Lipinski definition) is 2. The zero-order chi connectivity index (χ0) is 13.7. The van der Waals surface area contributed by atoms with Crippen LogP contribution in [0.5, 0.6) is 0 Å². The lowest BCUT2D eigenvalue weighted by Gasteiger charge is -2.21. The Morgan fingerprint density at radius 1 is 1.42 bits per heavy atom. The maximum Gasteiger partial charge on any atom is 0.221 e. The van der Waals surface area contributed by atoms with Crippen molar-refractivity contribution in [3.63, 3.8) is 0 Å². The summed E-state index contributed by atoms with van der Waals surface area (Å²) in [5, 5.41) is 5.94. The molecule has 6 nitrogen and oxygen atoms in total. The van der Waals surface area contributed by atoms with E-state index in [0.717, 1.165) is 36.8 Å². The fourth-order valence-corrected chi connectivity index (χ4v) is 2.10. The number of nitrogens with zero attached hydrogens (tertiary/aromatic N) is 3. The minimum absolute atomic E-state index is 0.110. The lowest BCUT2D eigenvalue weighted by molar-refractivity contribution is -0.120. The molecular formula is C13H21N5O. The van der Waals surface area contributed by atoms with E-state index in [1.54, 1.807) is 0 Å². The molecule has 0 unspecified atom stereocenters. The number of carbonyl (C=O) groups excluding carboxylic acids is 1.